The molecule has 2 heterocycles. The molecule has 0 saturated carbocycles. The monoisotopic (exact) mass is 435 g/mol. The number of rotatable bonds is 4. The van der Waals surface area contributed by atoms with Crippen molar-refractivity contribution in [1.29, 1.82) is 0 Å². The first-order valence-corrected chi connectivity index (χ1v) is 9.86. The van der Waals surface area contributed by atoms with Gasteiger partial charge in [0.1, 0.15) is 12.4 Å². The number of fused-ring (bicyclic) bond motifs is 1. The van der Waals surface area contributed by atoms with Gasteiger partial charge in [-0.2, -0.15) is 4.98 Å². The number of non-ortho nitro benzene ring substituents is 1. The smallest absolute Gasteiger partial charge is 0.338 e. The summed E-state index contributed by atoms with van der Waals surface area (Å²) in [6.07, 6.45) is 1.94. The first-order chi connectivity index (χ1) is 15.2. The molecule has 1 aliphatic heterocycles. The number of esters is 1. The quantitative estimate of drug-likeness (QED) is 0.330. The van der Waals surface area contributed by atoms with Gasteiger partial charge in [0.25, 0.3) is 11.6 Å². The second-order valence-electron chi connectivity index (χ2n) is 8.37. The Morgan fingerprint density at radius 2 is 2.00 bits per heavy atom. The number of methoxy groups -OCH3 is 1. The number of carbonyl (C=O) groups excluding carboxylic acids is 1. The maximum atomic E-state index is 11.9. The molecule has 9 nitrogen and oxygen atoms in total. The third kappa shape index (κ3) is 3.96. The zero-order valence-corrected chi connectivity index (χ0v) is 18.0. The molecule has 0 unspecified atom stereocenters. The Balaban J connectivity index is 1.71. The third-order valence-corrected chi connectivity index (χ3v) is 5.07. The van der Waals surface area contributed by atoms with E-state index >= 15 is 0 Å². The Morgan fingerprint density at radius 3 is 2.69 bits per heavy atom. The minimum Gasteiger partial charge on any atom is -0.488 e. The van der Waals surface area contributed by atoms with Crippen LogP contribution in [0, 0.1) is 10.1 Å². The summed E-state index contributed by atoms with van der Waals surface area (Å²) in [5.41, 5.74) is 2.62. The molecule has 2 aromatic carbocycles. The molecule has 4 rings (SSSR count). The van der Waals surface area contributed by atoms with Crippen molar-refractivity contribution in [3.63, 3.8) is 0 Å². The fourth-order valence-electron chi connectivity index (χ4n) is 3.48. The summed E-state index contributed by atoms with van der Waals surface area (Å²) in [5, 5.41) is 15.3. The SMILES string of the molecule is COC(=O)c1cc(-c2nc(C3=Cc4cccc(C(C)(C)C)c4OC3)no2)cc([N+](=O)[O-])c1. The van der Waals surface area contributed by atoms with Gasteiger partial charge < -0.3 is 14.0 Å². The van der Waals surface area contributed by atoms with Crippen molar-refractivity contribution < 1.29 is 23.7 Å². The summed E-state index contributed by atoms with van der Waals surface area (Å²) in [6.45, 7) is 6.62. The van der Waals surface area contributed by atoms with E-state index in [1.165, 1.54) is 19.2 Å². The molecule has 0 amide bonds. The largest absolute Gasteiger partial charge is 0.488 e. The number of benzene rings is 2. The summed E-state index contributed by atoms with van der Waals surface area (Å²) in [4.78, 5) is 26.9. The fraction of sp³-hybridized carbons (Fsp3) is 0.261. The Bertz CT molecular complexity index is 1250. The highest BCUT2D eigenvalue weighted by Crippen LogP contribution is 2.38. The van der Waals surface area contributed by atoms with Gasteiger partial charge >= 0.3 is 5.97 Å². The average molecular weight is 435 g/mol. The van der Waals surface area contributed by atoms with Gasteiger partial charge in [0.05, 0.1) is 17.6 Å². The lowest BCUT2D eigenvalue weighted by Crippen LogP contribution is -2.17. The molecule has 1 aromatic heterocycles. The van der Waals surface area contributed by atoms with E-state index in [0.717, 1.165) is 22.9 Å². The number of nitrogens with zero attached hydrogens (tertiary/aromatic N) is 3. The lowest BCUT2D eigenvalue weighted by atomic mass is 9.84. The number of nitro groups is 1. The molecule has 164 valence electrons. The number of aromatic nitrogens is 2. The van der Waals surface area contributed by atoms with E-state index in [0.29, 0.717) is 11.4 Å². The molecule has 32 heavy (non-hydrogen) atoms. The highest BCUT2D eigenvalue weighted by Gasteiger charge is 2.25. The minimum atomic E-state index is -0.704. The van der Waals surface area contributed by atoms with Crippen molar-refractivity contribution in [2.75, 3.05) is 13.7 Å². The molecular formula is C23H21N3O6. The number of para-hydroxylation sites is 1. The van der Waals surface area contributed by atoms with Crippen LogP contribution in [0.2, 0.25) is 0 Å². The summed E-state index contributed by atoms with van der Waals surface area (Å²) in [7, 11) is 1.20. The third-order valence-electron chi connectivity index (χ3n) is 5.07. The predicted octanol–water partition coefficient (Wildman–Crippen LogP) is 4.66. The van der Waals surface area contributed by atoms with E-state index in [2.05, 4.69) is 35.6 Å². The predicted molar refractivity (Wildman–Crippen MR) is 116 cm³/mol. The molecule has 9 heteroatoms. The minimum absolute atomic E-state index is 0.0142. The van der Waals surface area contributed by atoms with Crippen molar-refractivity contribution in [1.82, 2.24) is 10.1 Å². The van der Waals surface area contributed by atoms with E-state index < -0.39 is 10.9 Å². The van der Waals surface area contributed by atoms with Crippen molar-refractivity contribution in [3.8, 4) is 17.2 Å². The standard InChI is InChI=1S/C23H21N3O6/c1-23(2,3)18-7-5-6-13-8-16(12-31-19(13)18)20-24-21(32-25-20)14-9-15(22(27)30-4)11-17(10-14)26(28)29/h5-11H,12H2,1-4H3. The molecule has 0 N–H and O–H groups in total. The number of hydrogen-bond donors (Lipinski definition) is 0. The molecular weight excluding hydrogens is 414 g/mol. The van der Waals surface area contributed by atoms with Crippen LogP contribution >= 0.6 is 0 Å². The van der Waals surface area contributed by atoms with Crippen molar-refractivity contribution in [2.45, 2.75) is 26.2 Å². The molecule has 0 spiro atoms. The van der Waals surface area contributed by atoms with E-state index in [4.69, 9.17) is 9.26 Å². The van der Waals surface area contributed by atoms with Crippen LogP contribution in [0.4, 0.5) is 5.69 Å². The first-order valence-electron chi connectivity index (χ1n) is 9.86. The van der Waals surface area contributed by atoms with Gasteiger partial charge in [-0.15, -0.1) is 0 Å². The molecule has 0 radical (unpaired) electrons. The number of ether oxygens (including phenoxy) is 2. The highest BCUT2D eigenvalue weighted by molar-refractivity contribution is 5.91. The van der Waals surface area contributed by atoms with E-state index in [-0.39, 0.29) is 34.7 Å². The van der Waals surface area contributed by atoms with Gasteiger partial charge in [-0.05, 0) is 17.6 Å². The molecule has 0 saturated heterocycles. The molecule has 3 aromatic rings. The van der Waals surface area contributed by atoms with E-state index in [1.54, 1.807) is 0 Å². The summed E-state index contributed by atoms with van der Waals surface area (Å²) >= 11 is 0. The van der Waals surface area contributed by atoms with Gasteiger partial charge in [0.15, 0.2) is 0 Å². The zero-order chi connectivity index (χ0) is 23.0. The fourth-order valence-corrected chi connectivity index (χ4v) is 3.48. The van der Waals surface area contributed by atoms with Gasteiger partial charge in [-0.25, -0.2) is 4.79 Å². The van der Waals surface area contributed by atoms with Gasteiger partial charge in [0.2, 0.25) is 5.82 Å². The van der Waals surface area contributed by atoms with Crippen LogP contribution in [0.1, 0.15) is 48.1 Å². The van der Waals surface area contributed by atoms with Gasteiger partial charge in [-0.1, -0.05) is 44.1 Å². The Labute approximate surface area is 183 Å². The van der Waals surface area contributed by atoms with Crippen LogP contribution in [-0.2, 0) is 10.2 Å². The Hall–Kier alpha value is -4.01. The second-order valence-corrected chi connectivity index (χ2v) is 8.37. The zero-order valence-electron chi connectivity index (χ0n) is 18.0. The van der Waals surface area contributed by atoms with E-state index in [1.807, 2.05) is 24.3 Å². The highest BCUT2D eigenvalue weighted by atomic mass is 16.6. The van der Waals surface area contributed by atoms with Crippen molar-refractivity contribution in [2.24, 2.45) is 0 Å². The second kappa shape index (κ2) is 7.92. The maximum absolute atomic E-state index is 11.9. The van der Waals surface area contributed by atoms with Crippen molar-refractivity contribution in [3.05, 3.63) is 69.0 Å². The topological polar surface area (TPSA) is 118 Å². The van der Waals surface area contributed by atoms with Crippen LogP contribution in [0.3, 0.4) is 0 Å². The maximum Gasteiger partial charge on any atom is 0.338 e. The molecule has 0 atom stereocenters. The number of carbonyl (C=O) groups is 1. The number of hydrogen-bond acceptors (Lipinski definition) is 8. The summed E-state index contributed by atoms with van der Waals surface area (Å²) in [6, 6.07) is 9.78. The average Bonchev–Trinajstić information content (AvgIpc) is 3.27. The molecule has 0 fully saturated rings. The van der Waals surface area contributed by atoms with Crippen LogP contribution in [-0.4, -0.2) is 34.7 Å². The summed E-state index contributed by atoms with van der Waals surface area (Å²) < 4.78 is 16.1. The van der Waals surface area contributed by atoms with E-state index in [9.17, 15) is 14.9 Å². The Kier molecular flexibility index (Phi) is 5.25. The summed E-state index contributed by atoms with van der Waals surface area (Å²) in [5.74, 6) is 0.472. The Morgan fingerprint density at radius 1 is 1.22 bits per heavy atom. The van der Waals surface area contributed by atoms with Crippen molar-refractivity contribution >= 4 is 23.3 Å². The molecule has 0 aliphatic carbocycles. The van der Waals surface area contributed by atoms with Crippen LogP contribution < -0.4 is 4.74 Å². The van der Waals surface area contributed by atoms with Crippen LogP contribution in [0.5, 0.6) is 5.75 Å². The number of nitro benzene ring substituents is 1. The first kappa shape index (κ1) is 21.2. The normalized spacial score (nSPS) is 13.1. The van der Waals surface area contributed by atoms with Gasteiger partial charge in [-0.3, -0.25) is 10.1 Å². The lowest BCUT2D eigenvalue weighted by molar-refractivity contribution is -0.384. The lowest BCUT2D eigenvalue weighted by Gasteiger charge is -2.26. The van der Waals surface area contributed by atoms with Crippen LogP contribution in [0.25, 0.3) is 23.1 Å². The molecule has 1 aliphatic rings. The molecule has 0 bridgehead atoms. The van der Waals surface area contributed by atoms with Crippen LogP contribution in [0.15, 0.2) is 40.9 Å². The van der Waals surface area contributed by atoms with Gasteiger partial charge in [0, 0.05) is 34.4 Å².